The number of benzene rings is 4. The molecule has 0 spiro atoms. The smallest absolute Gasteiger partial charge is 0.299 e. The van der Waals surface area contributed by atoms with Crippen molar-refractivity contribution < 1.29 is 24.4 Å². The van der Waals surface area contributed by atoms with Gasteiger partial charge in [0.2, 0.25) is 0 Å². The van der Waals surface area contributed by atoms with Gasteiger partial charge in [-0.25, -0.2) is 0 Å². The van der Waals surface area contributed by atoms with Crippen LogP contribution in [0.4, 0.5) is 45.5 Å². The molecule has 0 saturated carbocycles. The molecule has 0 radical (unpaired) electrons. The van der Waals surface area contributed by atoms with Crippen molar-refractivity contribution in [2.45, 2.75) is 0 Å². The summed E-state index contributed by atoms with van der Waals surface area (Å²) in [5.74, 6) is 0.871. The van der Waals surface area contributed by atoms with Crippen molar-refractivity contribution in [1.82, 2.24) is 0 Å². The molecule has 0 unspecified atom stereocenters. The standard InChI is InChI=1S/C24H16N6O9/c31-27(32)17-5-11-21(23(13-17)29(35)36)25-15-1-7-19(8-2-15)39-20-9-3-16(4-10-20)26-22-12-6-18(28(33)34)14-24(22)30(37)38/h1-14,25-26H. The molecule has 0 aliphatic carbocycles. The van der Waals surface area contributed by atoms with Gasteiger partial charge in [-0.2, -0.15) is 0 Å². The summed E-state index contributed by atoms with van der Waals surface area (Å²) >= 11 is 0. The number of anilines is 4. The molecule has 196 valence electrons. The number of hydrogen-bond donors (Lipinski definition) is 2. The summed E-state index contributed by atoms with van der Waals surface area (Å²) in [6.07, 6.45) is 0. The highest BCUT2D eigenvalue weighted by atomic mass is 16.6. The van der Waals surface area contributed by atoms with E-state index in [1.165, 1.54) is 12.1 Å². The zero-order valence-corrected chi connectivity index (χ0v) is 19.5. The van der Waals surface area contributed by atoms with Crippen molar-refractivity contribution in [2.24, 2.45) is 0 Å². The highest BCUT2D eigenvalue weighted by molar-refractivity contribution is 5.73. The van der Waals surface area contributed by atoms with Gasteiger partial charge in [0.1, 0.15) is 22.9 Å². The first-order valence-electron chi connectivity index (χ1n) is 10.9. The van der Waals surface area contributed by atoms with Gasteiger partial charge in [-0.15, -0.1) is 0 Å². The highest BCUT2D eigenvalue weighted by Gasteiger charge is 2.20. The van der Waals surface area contributed by atoms with Crippen molar-refractivity contribution in [3.63, 3.8) is 0 Å². The lowest BCUT2D eigenvalue weighted by atomic mass is 10.2. The number of nitro groups is 4. The van der Waals surface area contributed by atoms with Gasteiger partial charge in [-0.3, -0.25) is 40.5 Å². The summed E-state index contributed by atoms with van der Waals surface area (Å²) in [4.78, 5) is 41.6. The van der Waals surface area contributed by atoms with Gasteiger partial charge in [0, 0.05) is 23.5 Å². The van der Waals surface area contributed by atoms with Crippen LogP contribution in [0, 0.1) is 40.5 Å². The van der Waals surface area contributed by atoms with Crippen LogP contribution in [0.15, 0.2) is 84.9 Å². The van der Waals surface area contributed by atoms with Gasteiger partial charge >= 0.3 is 0 Å². The molecule has 39 heavy (non-hydrogen) atoms. The molecule has 4 aromatic rings. The fraction of sp³-hybridized carbons (Fsp3) is 0. The summed E-state index contributed by atoms with van der Waals surface area (Å²) < 4.78 is 5.77. The third-order valence-corrected chi connectivity index (χ3v) is 5.28. The second-order valence-corrected chi connectivity index (χ2v) is 7.83. The molecule has 15 heteroatoms. The number of hydrogen-bond acceptors (Lipinski definition) is 11. The zero-order valence-electron chi connectivity index (χ0n) is 19.5. The summed E-state index contributed by atoms with van der Waals surface area (Å²) in [5, 5.41) is 50.1. The fourth-order valence-corrected chi connectivity index (χ4v) is 3.44. The van der Waals surface area contributed by atoms with Crippen LogP contribution in [0.5, 0.6) is 11.5 Å². The Morgan fingerprint density at radius 2 is 0.846 bits per heavy atom. The third kappa shape index (κ3) is 6.18. The van der Waals surface area contributed by atoms with Crippen molar-refractivity contribution >= 4 is 45.5 Å². The molecule has 15 nitrogen and oxygen atoms in total. The van der Waals surface area contributed by atoms with Crippen LogP contribution in [0.1, 0.15) is 0 Å². The van der Waals surface area contributed by atoms with Crippen molar-refractivity contribution in [1.29, 1.82) is 0 Å². The largest absolute Gasteiger partial charge is 0.457 e. The predicted octanol–water partition coefficient (Wildman–Crippen LogP) is 6.60. The second kappa shape index (κ2) is 10.9. The summed E-state index contributed by atoms with van der Waals surface area (Å²) in [5.41, 5.74) is -0.584. The van der Waals surface area contributed by atoms with E-state index in [0.29, 0.717) is 22.9 Å². The van der Waals surface area contributed by atoms with E-state index >= 15 is 0 Å². The van der Waals surface area contributed by atoms with Gasteiger partial charge in [0.25, 0.3) is 22.7 Å². The Hall–Kier alpha value is -6.12. The monoisotopic (exact) mass is 532 g/mol. The third-order valence-electron chi connectivity index (χ3n) is 5.28. The zero-order chi connectivity index (χ0) is 28.1. The first kappa shape index (κ1) is 26.0. The van der Waals surface area contributed by atoms with E-state index in [2.05, 4.69) is 10.6 Å². The molecule has 0 bridgehead atoms. The Bertz CT molecular complexity index is 1470. The van der Waals surface area contributed by atoms with Crippen LogP contribution in [-0.4, -0.2) is 19.7 Å². The molecular weight excluding hydrogens is 516 g/mol. The number of ether oxygens (including phenoxy) is 1. The number of nitrogens with one attached hydrogen (secondary N) is 2. The minimum absolute atomic E-state index is 0.0793. The average molecular weight is 532 g/mol. The molecule has 0 fully saturated rings. The number of rotatable bonds is 10. The second-order valence-electron chi connectivity index (χ2n) is 7.83. The molecular formula is C24H16N6O9. The highest BCUT2D eigenvalue weighted by Crippen LogP contribution is 2.34. The molecule has 0 amide bonds. The van der Waals surface area contributed by atoms with Crippen molar-refractivity contribution in [3.8, 4) is 11.5 Å². The normalized spacial score (nSPS) is 10.4. The van der Waals surface area contributed by atoms with Crippen LogP contribution in [-0.2, 0) is 0 Å². The van der Waals surface area contributed by atoms with Crippen LogP contribution in [0.25, 0.3) is 0 Å². The van der Waals surface area contributed by atoms with Crippen molar-refractivity contribution in [3.05, 3.63) is 125 Å². The Balaban J connectivity index is 1.43. The van der Waals surface area contributed by atoms with E-state index < -0.39 is 42.4 Å². The first-order valence-corrected chi connectivity index (χ1v) is 10.9. The van der Waals surface area contributed by atoms with E-state index in [4.69, 9.17) is 4.74 Å². The topological polar surface area (TPSA) is 206 Å². The van der Waals surface area contributed by atoms with E-state index in [-0.39, 0.29) is 11.4 Å². The fourth-order valence-electron chi connectivity index (χ4n) is 3.44. The number of non-ortho nitro benzene ring substituents is 2. The maximum atomic E-state index is 11.3. The van der Waals surface area contributed by atoms with E-state index in [1.807, 2.05) is 0 Å². The minimum Gasteiger partial charge on any atom is -0.457 e. The lowest BCUT2D eigenvalue weighted by Crippen LogP contribution is -1.99. The summed E-state index contributed by atoms with van der Waals surface area (Å²) in [7, 11) is 0. The molecule has 0 aliphatic rings. The van der Waals surface area contributed by atoms with E-state index in [9.17, 15) is 40.5 Å². The summed E-state index contributed by atoms with van der Waals surface area (Å²) in [6.45, 7) is 0. The van der Waals surface area contributed by atoms with E-state index in [0.717, 1.165) is 24.3 Å². The van der Waals surface area contributed by atoms with Crippen LogP contribution in [0.3, 0.4) is 0 Å². The molecule has 0 heterocycles. The molecule has 4 aromatic carbocycles. The lowest BCUT2D eigenvalue weighted by Gasteiger charge is -2.10. The number of nitrogens with zero attached hydrogens (tertiary/aromatic N) is 4. The molecule has 2 N–H and O–H groups in total. The van der Waals surface area contributed by atoms with Gasteiger partial charge in [0.15, 0.2) is 0 Å². The lowest BCUT2D eigenvalue weighted by molar-refractivity contribution is -0.393. The Kier molecular flexibility index (Phi) is 7.24. The van der Waals surface area contributed by atoms with Gasteiger partial charge in [0.05, 0.1) is 31.8 Å². The molecule has 0 atom stereocenters. The quantitative estimate of drug-likeness (QED) is 0.164. The maximum Gasteiger partial charge on any atom is 0.299 e. The van der Waals surface area contributed by atoms with Gasteiger partial charge in [-0.05, 0) is 60.7 Å². The Morgan fingerprint density at radius 1 is 0.487 bits per heavy atom. The van der Waals surface area contributed by atoms with Crippen LogP contribution in [0.2, 0.25) is 0 Å². The molecule has 0 saturated heterocycles. The number of nitro benzene ring substituents is 4. The molecule has 0 aliphatic heterocycles. The Morgan fingerprint density at radius 3 is 1.15 bits per heavy atom. The Labute approximate surface area is 217 Å². The average Bonchev–Trinajstić information content (AvgIpc) is 2.90. The predicted molar refractivity (Wildman–Crippen MR) is 139 cm³/mol. The van der Waals surface area contributed by atoms with Gasteiger partial charge < -0.3 is 15.4 Å². The molecule has 0 aromatic heterocycles. The van der Waals surface area contributed by atoms with E-state index in [1.54, 1.807) is 48.5 Å². The van der Waals surface area contributed by atoms with Gasteiger partial charge in [-0.1, -0.05) is 0 Å². The first-order chi connectivity index (χ1) is 18.6. The maximum absolute atomic E-state index is 11.3. The SMILES string of the molecule is O=[N+]([O-])c1ccc(Nc2ccc(Oc3ccc(Nc4ccc([N+](=O)[O-])cc4[N+](=O)[O-])cc3)cc2)c([N+](=O)[O-])c1. The van der Waals surface area contributed by atoms with Crippen LogP contribution >= 0.6 is 0 Å². The molecule has 4 rings (SSSR count). The summed E-state index contributed by atoms with van der Waals surface area (Å²) in [6, 6.07) is 19.4. The minimum atomic E-state index is -0.717. The van der Waals surface area contributed by atoms with Crippen molar-refractivity contribution in [2.75, 3.05) is 10.6 Å². The van der Waals surface area contributed by atoms with Crippen LogP contribution < -0.4 is 15.4 Å².